The van der Waals surface area contributed by atoms with Crippen molar-refractivity contribution in [1.29, 1.82) is 0 Å². The fraction of sp³-hybridized carbons (Fsp3) is 0.125. The van der Waals surface area contributed by atoms with E-state index in [-0.39, 0.29) is 12.7 Å². The van der Waals surface area contributed by atoms with Crippen molar-refractivity contribution in [1.82, 2.24) is 20.3 Å². The second kappa shape index (κ2) is 42.7. The molecule has 0 bridgehead atoms. The molecule has 2 aliphatic rings. The van der Waals surface area contributed by atoms with E-state index in [9.17, 15) is 14.7 Å². The van der Waals surface area contributed by atoms with Gasteiger partial charge in [-0.2, -0.15) is 0 Å². The number of nitrogens with two attached hydrogens (primary N) is 1. The van der Waals surface area contributed by atoms with Gasteiger partial charge in [-0.1, -0.05) is 322 Å². The summed E-state index contributed by atoms with van der Waals surface area (Å²) in [7, 11) is 0. The van der Waals surface area contributed by atoms with Crippen LogP contribution in [0.15, 0.2) is 357 Å². The summed E-state index contributed by atoms with van der Waals surface area (Å²) in [4.78, 5) is 40.9. The van der Waals surface area contributed by atoms with E-state index in [0.29, 0.717) is 17.7 Å². The van der Waals surface area contributed by atoms with Crippen molar-refractivity contribution in [3.63, 3.8) is 0 Å². The van der Waals surface area contributed by atoms with Gasteiger partial charge in [0.25, 0.3) is 11.1 Å². The average Bonchev–Trinajstić information content (AvgIpc) is 0.722. The van der Waals surface area contributed by atoms with E-state index in [2.05, 4.69) is 248 Å². The van der Waals surface area contributed by atoms with Gasteiger partial charge in [-0.15, -0.1) is 0 Å². The Morgan fingerprint density at radius 1 is 0.469 bits per heavy atom. The van der Waals surface area contributed by atoms with Crippen LogP contribution in [0.5, 0.6) is 0 Å². The number of carbonyl (C=O) groups is 2. The van der Waals surface area contributed by atoms with E-state index >= 15 is 0 Å². The fourth-order valence-electron chi connectivity index (χ4n) is 13.2. The Labute approximate surface area is 706 Å². The average molecular weight is 1810 g/mol. The molecule has 1 amide bonds. The summed E-state index contributed by atoms with van der Waals surface area (Å²) in [6, 6.07) is 106. The second-order valence-electron chi connectivity index (χ2n) is 27.0. The van der Waals surface area contributed by atoms with Crippen LogP contribution in [0.25, 0.3) is 66.1 Å². The van der Waals surface area contributed by atoms with Crippen LogP contribution in [-0.4, -0.2) is 56.6 Å². The standard InChI is InChI=1S/C18H17NO.C18H15N.C15H14BrNO.C15H12BrN.C15H10BrN.C8H11N.C7H4BrClO.Mn.2O.H2/c1-18(2,20)16-10-6-5-9-15(16)17-14-8-4-3-7-13(14)11-12-19-17;1-18(2)14-8-4-3-7-13(14)17-16-12(10-11-19-17)6-5-9-15(16)18;16-14-9-5-4-8-13(14)15(18)17-11-10-12-6-2-1-3-7-12;2*16-14-8-4-3-7-13(14)15-12-6-2-1-5-11(12)9-10-17-15;9-7-6-8-4-2-1-3-5-8;8-6-4-2-1-3-5(6)7(9)10;;;;/h3-12,20H,1-2H3;3-11H,1-2H3;1-9H,10-11H2,(H,17,18);1-8H,9-10H2;1-10H;1-5H,6-7,9H2;1-4H;;;;1H/i;;;;;;;;;;1+1. The molecule has 0 unspecified atom stereocenters. The number of rotatable bonds is 11. The van der Waals surface area contributed by atoms with E-state index < -0.39 is 25.7 Å². The van der Waals surface area contributed by atoms with Gasteiger partial charge in [0, 0.05) is 106 Å². The first-order chi connectivity index (χ1) is 54.8. The molecule has 11 nitrogen and oxygen atoms in total. The molecule has 0 saturated carbocycles. The minimum absolute atomic E-state index is 0. The van der Waals surface area contributed by atoms with E-state index in [1.807, 2.05) is 170 Å². The molecule has 0 fully saturated rings. The summed E-state index contributed by atoms with van der Waals surface area (Å²) < 4.78 is 20.5. The Morgan fingerprint density at radius 3 is 1.44 bits per heavy atom. The SMILES string of the molecule is Brc1ccccc1-c1nccc2ccccc12.Brc1ccccc1C1=NCCc2ccccc21.CC(C)(O)c1ccccc1-c1nccc2ccccc12.CC1(C)c2ccccc2-c2nccc3cccc1c23.NCCc1ccccc1.O=C(Cl)c1ccccc1Br.O=C(NCCc1ccccc1)c1ccccc1Br.[2HH].[O]=[Mn]=[O]. The number of aliphatic hydroxyl groups is 1. The monoisotopic (exact) mass is 1810 g/mol. The summed E-state index contributed by atoms with van der Waals surface area (Å²) in [5.41, 5.74) is 23.3. The van der Waals surface area contributed by atoms with Crippen LogP contribution in [0, 0.1) is 0 Å². The molecule has 4 N–H and O–H groups in total. The third-order valence-electron chi connectivity index (χ3n) is 18.7. The zero-order valence-electron chi connectivity index (χ0n) is 62.7. The maximum atomic E-state index is 11.9. The summed E-state index contributed by atoms with van der Waals surface area (Å²) >= 11 is 17.5. The summed E-state index contributed by atoms with van der Waals surface area (Å²) in [6.45, 7) is 10.5. The normalized spacial score (nSPS) is 11.7. The number of hydrogen-bond acceptors (Lipinski definition) is 10. The van der Waals surface area contributed by atoms with Crippen LogP contribution < -0.4 is 11.1 Å². The fourth-order valence-corrected chi connectivity index (χ4v) is 15.4. The van der Waals surface area contributed by atoms with E-state index in [4.69, 9.17) is 25.0 Å². The number of nitrogens with zero attached hydrogens (tertiary/aromatic N) is 4. The first-order valence-electron chi connectivity index (χ1n) is 36.6. The van der Waals surface area contributed by atoms with Gasteiger partial charge in [-0.05, 0) is 171 Å². The predicted octanol–water partition coefficient (Wildman–Crippen LogP) is 24.6. The number of pyridine rings is 3. The van der Waals surface area contributed by atoms with Gasteiger partial charge in [0.05, 0.1) is 34.0 Å². The topological polar surface area (TPSA) is 178 Å². The van der Waals surface area contributed by atoms with E-state index in [1.165, 1.54) is 66.1 Å². The Balaban J connectivity index is 0.000000153. The Morgan fingerprint density at radius 2 is 0.894 bits per heavy atom. The van der Waals surface area contributed by atoms with Crippen LogP contribution >= 0.6 is 75.3 Å². The van der Waals surface area contributed by atoms with Crippen molar-refractivity contribution in [2.45, 2.75) is 58.0 Å². The second-order valence-corrected chi connectivity index (χ2v) is 31.0. The van der Waals surface area contributed by atoms with Gasteiger partial charge >= 0.3 is 22.5 Å². The van der Waals surface area contributed by atoms with Crippen molar-refractivity contribution in [2.75, 3.05) is 19.6 Å². The molecule has 571 valence electrons. The van der Waals surface area contributed by atoms with Gasteiger partial charge in [0.15, 0.2) is 0 Å². The quantitative estimate of drug-likeness (QED) is 0.0840. The van der Waals surface area contributed by atoms with Crippen LogP contribution in [0.4, 0.5) is 0 Å². The van der Waals surface area contributed by atoms with Crippen molar-refractivity contribution in [3.8, 4) is 33.8 Å². The Hall–Kier alpha value is -10.1. The predicted molar refractivity (Wildman–Crippen MR) is 475 cm³/mol. The van der Waals surface area contributed by atoms with Crippen LogP contribution in [0.1, 0.15) is 94.3 Å². The first-order valence-corrected chi connectivity index (χ1v) is 41.1. The number of carbonyl (C=O) groups excluding carboxylic acids is 2. The summed E-state index contributed by atoms with van der Waals surface area (Å²) in [5, 5.41) is 20.1. The van der Waals surface area contributed by atoms with Gasteiger partial charge < -0.3 is 16.2 Å². The summed E-state index contributed by atoms with van der Waals surface area (Å²) in [5.74, 6) is -0.0431. The van der Waals surface area contributed by atoms with Gasteiger partial charge in [0.1, 0.15) is 0 Å². The van der Waals surface area contributed by atoms with Gasteiger partial charge in [-0.3, -0.25) is 29.5 Å². The Kier molecular flexibility index (Phi) is 32.3. The minimum atomic E-state index is -1.44. The van der Waals surface area contributed by atoms with Crippen molar-refractivity contribution >= 4 is 124 Å². The molecule has 15 aromatic rings. The molecule has 0 atom stereocenters. The van der Waals surface area contributed by atoms with Gasteiger partial charge in [-0.25, -0.2) is 0 Å². The van der Waals surface area contributed by atoms with E-state index in [0.717, 1.165) is 100 Å². The molecule has 3 aromatic heterocycles. The number of benzene rings is 12. The molecule has 1 aliphatic heterocycles. The number of hydrogen-bond donors (Lipinski definition) is 3. The third-order valence-corrected chi connectivity index (χ3v) is 21.7. The van der Waals surface area contributed by atoms with Crippen molar-refractivity contribution in [2.24, 2.45) is 10.7 Å². The number of amides is 1. The molecule has 0 spiro atoms. The zero-order valence-corrected chi connectivity index (χ0v) is 71.0. The molecule has 17 rings (SSSR count). The molecular weight excluding hydrogens is 1730 g/mol. The molecule has 1 aliphatic carbocycles. The Bertz CT molecular complexity index is 5780. The number of aliphatic imine (C=N–C) groups is 1. The van der Waals surface area contributed by atoms with Crippen LogP contribution in [-0.2, 0) is 52.8 Å². The van der Waals surface area contributed by atoms with Crippen molar-refractivity contribution in [3.05, 3.63) is 408 Å². The molecule has 0 saturated heterocycles. The number of aromatic nitrogens is 3. The molecular formula is C96H85Br4ClMnN6O5. The first kappa shape index (κ1) is 85.4. The number of fused-ring (bicyclic) bond motifs is 5. The van der Waals surface area contributed by atoms with Crippen molar-refractivity contribution < 1.29 is 38.6 Å². The third kappa shape index (κ3) is 23.1. The molecule has 17 heteroatoms. The molecule has 113 heavy (non-hydrogen) atoms. The maximum absolute atomic E-state index is 11.9. The zero-order chi connectivity index (χ0) is 80.1. The number of nitrogens with one attached hydrogen (secondary N) is 1. The van der Waals surface area contributed by atoms with Gasteiger partial charge in [0.2, 0.25) is 0 Å². The molecule has 12 aromatic carbocycles. The molecule has 0 radical (unpaired) electrons. The number of halogens is 5. The summed E-state index contributed by atoms with van der Waals surface area (Å²) in [6.07, 6.45) is 8.47. The van der Waals surface area contributed by atoms with Crippen LogP contribution in [0.3, 0.4) is 0 Å². The van der Waals surface area contributed by atoms with Crippen LogP contribution in [0.2, 0.25) is 0 Å². The van der Waals surface area contributed by atoms with E-state index in [1.54, 1.807) is 32.0 Å². The molecule has 4 heterocycles.